The first-order valence-electron chi connectivity index (χ1n) is 14.3. The van der Waals surface area contributed by atoms with Gasteiger partial charge in [-0.05, 0) is 79.2 Å². The molecule has 1 unspecified atom stereocenters. The van der Waals surface area contributed by atoms with E-state index in [1.165, 1.54) is 11.1 Å². The summed E-state index contributed by atoms with van der Waals surface area (Å²) in [6.45, 7) is 22.7. The lowest BCUT2D eigenvalue weighted by Crippen LogP contribution is -2.15. The molecule has 0 radical (unpaired) electrons. The first-order chi connectivity index (χ1) is 20.1. The number of benzene rings is 2. The lowest BCUT2D eigenvalue weighted by atomic mass is 9.97. The molecule has 6 heteroatoms. The predicted octanol–water partition coefficient (Wildman–Crippen LogP) is 8.09. The smallest absolute Gasteiger partial charge is 0.132 e. The summed E-state index contributed by atoms with van der Waals surface area (Å²) in [5, 5.41) is 10.3. The standard InChI is InChI=1S/C21H30N2O.C14H16O.CH4N2/c1-7-16(4)18-8-10-19(11-9-18)21(15(2)3)22-24-17(5)20-12-13-23(6)14-20;1-4-7-13(5-2)14-9-6-8-12(10-14)11-15-3;2-1-3/h7-11,15,20H,5,12-14H2,1-4,6H3;4-10H,1-2,11H2,3H3;1H,(H3,2,3)/b16-7+,22-21+;13-7+;. The molecule has 1 atom stereocenters. The van der Waals surface area contributed by atoms with Crippen LogP contribution in [0.25, 0.3) is 11.1 Å². The fourth-order valence-electron chi connectivity index (χ4n) is 4.36. The molecule has 1 saturated heterocycles. The number of hydrogen-bond donors (Lipinski definition) is 2. The minimum Gasteiger partial charge on any atom is -0.390 e. The van der Waals surface area contributed by atoms with Crippen LogP contribution < -0.4 is 5.73 Å². The lowest BCUT2D eigenvalue weighted by Gasteiger charge is -2.14. The lowest BCUT2D eigenvalue weighted by molar-refractivity contribution is 0.185. The molecule has 0 bridgehead atoms. The topological polar surface area (TPSA) is 83.9 Å². The Morgan fingerprint density at radius 2 is 1.79 bits per heavy atom. The highest BCUT2D eigenvalue weighted by molar-refractivity contribution is 6.01. The first kappa shape index (κ1) is 36.0. The average Bonchev–Trinajstić information content (AvgIpc) is 3.43. The Balaban J connectivity index is 0.000000419. The monoisotopic (exact) mass is 570 g/mol. The summed E-state index contributed by atoms with van der Waals surface area (Å²) in [6, 6.07) is 16.7. The van der Waals surface area contributed by atoms with Crippen molar-refractivity contribution < 1.29 is 9.57 Å². The molecule has 0 spiro atoms. The normalized spacial score (nSPS) is 15.6. The van der Waals surface area contributed by atoms with Crippen molar-refractivity contribution in [3.05, 3.63) is 121 Å². The van der Waals surface area contributed by atoms with E-state index < -0.39 is 0 Å². The van der Waals surface area contributed by atoms with Gasteiger partial charge >= 0.3 is 0 Å². The van der Waals surface area contributed by atoms with Crippen LogP contribution in [-0.2, 0) is 16.2 Å². The Labute approximate surface area is 254 Å². The number of oxime groups is 1. The van der Waals surface area contributed by atoms with Crippen molar-refractivity contribution in [1.82, 2.24) is 4.90 Å². The van der Waals surface area contributed by atoms with Gasteiger partial charge in [-0.1, -0.05) is 106 Å². The van der Waals surface area contributed by atoms with Crippen LogP contribution in [0.15, 0.2) is 103 Å². The van der Waals surface area contributed by atoms with Gasteiger partial charge in [0, 0.05) is 19.6 Å². The third kappa shape index (κ3) is 12.2. The summed E-state index contributed by atoms with van der Waals surface area (Å²) in [5.41, 5.74) is 12.3. The van der Waals surface area contributed by atoms with E-state index in [0.29, 0.717) is 12.5 Å². The molecule has 1 fully saturated rings. The number of allylic oxidation sites excluding steroid dienone is 6. The molecule has 1 aliphatic rings. The van der Waals surface area contributed by atoms with E-state index in [9.17, 15) is 0 Å². The van der Waals surface area contributed by atoms with Crippen LogP contribution in [0.5, 0.6) is 0 Å². The minimum absolute atomic E-state index is 0.290. The summed E-state index contributed by atoms with van der Waals surface area (Å²) >= 11 is 0. The van der Waals surface area contributed by atoms with Crippen LogP contribution in [-0.4, -0.2) is 44.2 Å². The van der Waals surface area contributed by atoms with Crippen molar-refractivity contribution in [3.8, 4) is 0 Å². The maximum absolute atomic E-state index is 5.86. The molecular formula is C36H50N4O2. The quantitative estimate of drug-likeness (QED) is 0.0940. The van der Waals surface area contributed by atoms with Gasteiger partial charge in [0.1, 0.15) is 5.76 Å². The summed E-state index contributed by atoms with van der Waals surface area (Å²) < 4.78 is 5.09. The van der Waals surface area contributed by atoms with E-state index in [-0.39, 0.29) is 5.92 Å². The molecular weight excluding hydrogens is 520 g/mol. The Hall–Kier alpha value is -4.00. The van der Waals surface area contributed by atoms with Crippen molar-refractivity contribution in [2.45, 2.75) is 40.7 Å². The van der Waals surface area contributed by atoms with E-state index in [1.54, 1.807) is 13.2 Å². The van der Waals surface area contributed by atoms with Crippen molar-refractivity contribution >= 4 is 23.2 Å². The van der Waals surface area contributed by atoms with Crippen molar-refractivity contribution in [2.24, 2.45) is 22.7 Å². The first-order valence-corrected chi connectivity index (χ1v) is 14.3. The maximum Gasteiger partial charge on any atom is 0.132 e. The second-order valence-electron chi connectivity index (χ2n) is 10.3. The SMILES string of the molecule is C=C(O/N=C(/c1ccc(/C(C)=C/C)cc1)C(C)C)C1CCN(C)C1.C=C/C=C(\C=C)c1cccc(COC)c1.N=CN. The molecule has 0 saturated carbocycles. The second kappa shape index (κ2) is 20.0. The number of nitrogens with zero attached hydrogens (tertiary/aromatic N) is 2. The highest BCUT2D eigenvalue weighted by Crippen LogP contribution is 2.24. The number of likely N-dealkylation sites (tertiary alicyclic amines) is 1. The molecule has 3 rings (SSSR count). The van der Waals surface area contributed by atoms with Crippen LogP contribution >= 0.6 is 0 Å². The highest BCUT2D eigenvalue weighted by atomic mass is 16.6. The largest absolute Gasteiger partial charge is 0.390 e. The van der Waals surface area contributed by atoms with Gasteiger partial charge in [0.15, 0.2) is 0 Å². The Morgan fingerprint density at radius 1 is 1.14 bits per heavy atom. The van der Waals surface area contributed by atoms with E-state index >= 15 is 0 Å². The number of nitrogens with two attached hydrogens (primary N) is 1. The molecule has 3 N–H and O–H groups in total. The molecule has 42 heavy (non-hydrogen) atoms. The van der Waals surface area contributed by atoms with Gasteiger partial charge in [-0.15, -0.1) is 0 Å². The van der Waals surface area contributed by atoms with Gasteiger partial charge in [0.25, 0.3) is 0 Å². The van der Waals surface area contributed by atoms with Gasteiger partial charge in [-0.2, -0.15) is 0 Å². The summed E-state index contributed by atoms with van der Waals surface area (Å²) in [6.07, 6.45) is 9.50. The fraction of sp³-hybridized carbons (Fsp3) is 0.333. The van der Waals surface area contributed by atoms with Crippen LogP contribution in [0.4, 0.5) is 0 Å². The Kier molecular flexibility index (Phi) is 17.1. The molecule has 226 valence electrons. The van der Waals surface area contributed by atoms with Gasteiger partial charge in [0.2, 0.25) is 0 Å². The zero-order chi connectivity index (χ0) is 31.5. The van der Waals surface area contributed by atoms with Crippen LogP contribution in [0, 0.1) is 17.2 Å². The molecule has 0 aliphatic carbocycles. The van der Waals surface area contributed by atoms with Crippen molar-refractivity contribution in [3.63, 3.8) is 0 Å². The molecule has 1 heterocycles. The van der Waals surface area contributed by atoms with E-state index in [0.717, 1.165) is 59.6 Å². The van der Waals surface area contributed by atoms with Gasteiger partial charge in [0.05, 0.1) is 18.7 Å². The fourth-order valence-corrected chi connectivity index (χ4v) is 4.36. The molecule has 1 aliphatic heterocycles. The zero-order valence-electron chi connectivity index (χ0n) is 26.4. The van der Waals surface area contributed by atoms with Crippen molar-refractivity contribution in [2.75, 3.05) is 27.2 Å². The van der Waals surface area contributed by atoms with Crippen LogP contribution in [0.3, 0.4) is 0 Å². The third-order valence-electron chi connectivity index (χ3n) is 6.81. The number of rotatable bonds is 11. The van der Waals surface area contributed by atoms with Crippen LogP contribution in [0.2, 0.25) is 0 Å². The molecule has 2 aromatic carbocycles. The molecule has 0 amide bonds. The van der Waals surface area contributed by atoms with Crippen LogP contribution in [0.1, 0.15) is 56.4 Å². The molecule has 6 nitrogen and oxygen atoms in total. The second-order valence-corrected chi connectivity index (χ2v) is 10.3. The third-order valence-corrected chi connectivity index (χ3v) is 6.81. The molecule has 0 aromatic heterocycles. The van der Waals surface area contributed by atoms with Gasteiger partial charge in [-0.25, -0.2) is 0 Å². The summed E-state index contributed by atoms with van der Waals surface area (Å²) in [7, 11) is 3.82. The number of hydrogen-bond acceptors (Lipinski definition) is 5. The number of nitrogens with one attached hydrogen (secondary N) is 1. The highest BCUT2D eigenvalue weighted by Gasteiger charge is 2.23. The van der Waals surface area contributed by atoms with E-state index in [4.69, 9.17) is 15.0 Å². The summed E-state index contributed by atoms with van der Waals surface area (Å²) in [5.74, 6) is 1.45. The van der Waals surface area contributed by atoms with Gasteiger partial charge < -0.3 is 20.2 Å². The molecule has 2 aromatic rings. The maximum atomic E-state index is 5.86. The van der Waals surface area contributed by atoms with Gasteiger partial charge in [-0.3, -0.25) is 5.41 Å². The zero-order valence-corrected chi connectivity index (χ0v) is 26.4. The number of ether oxygens (including phenoxy) is 1. The van der Waals surface area contributed by atoms with E-state index in [2.05, 4.69) is 113 Å². The minimum atomic E-state index is 0.290. The summed E-state index contributed by atoms with van der Waals surface area (Å²) in [4.78, 5) is 8.01. The Morgan fingerprint density at radius 3 is 2.29 bits per heavy atom. The van der Waals surface area contributed by atoms with Crippen molar-refractivity contribution in [1.29, 1.82) is 5.41 Å². The number of methoxy groups -OCH3 is 1. The predicted molar refractivity (Wildman–Crippen MR) is 181 cm³/mol. The van der Waals surface area contributed by atoms with E-state index in [1.807, 2.05) is 24.3 Å². The Bertz CT molecular complexity index is 1240. The average molecular weight is 571 g/mol.